The maximum Gasteiger partial charge on any atom is 0.246 e. The minimum Gasteiger partial charge on any atom is -0.495 e. The predicted octanol–water partition coefficient (Wildman–Crippen LogP) is 0.824. The molecule has 0 spiro atoms. The van der Waals surface area contributed by atoms with Crippen molar-refractivity contribution in [3.05, 3.63) is 23.8 Å². The number of nitrogens with one attached hydrogen (secondary N) is 1. The quantitative estimate of drug-likeness (QED) is 0.842. The van der Waals surface area contributed by atoms with Crippen molar-refractivity contribution < 1.29 is 17.9 Å². The zero-order chi connectivity index (χ0) is 15.5. The normalized spacial score (nSPS) is 19.1. The third-order valence-corrected chi connectivity index (χ3v) is 5.62. The van der Waals surface area contributed by atoms with Crippen molar-refractivity contribution in [2.45, 2.75) is 23.9 Å². The molecule has 1 heterocycles. The fourth-order valence-corrected chi connectivity index (χ4v) is 3.97. The maximum atomic E-state index is 12.8. The van der Waals surface area contributed by atoms with Crippen LogP contribution in [-0.4, -0.2) is 53.2 Å². The van der Waals surface area contributed by atoms with Crippen LogP contribution in [0.2, 0.25) is 0 Å². The molecule has 1 unspecified atom stereocenters. The molecule has 1 aromatic carbocycles. The molecule has 6 nitrogen and oxygen atoms in total. The van der Waals surface area contributed by atoms with E-state index in [0.29, 0.717) is 31.9 Å². The first-order valence-corrected chi connectivity index (χ1v) is 8.32. The number of benzene rings is 1. The smallest absolute Gasteiger partial charge is 0.246 e. The Labute approximate surface area is 126 Å². The van der Waals surface area contributed by atoms with Crippen molar-refractivity contribution in [3.63, 3.8) is 0 Å². The average Bonchev–Trinajstić information content (AvgIpc) is 3.00. The van der Waals surface area contributed by atoms with E-state index in [-0.39, 0.29) is 10.9 Å². The van der Waals surface area contributed by atoms with Crippen LogP contribution in [-0.2, 0) is 21.3 Å². The van der Waals surface area contributed by atoms with Crippen molar-refractivity contribution in [1.82, 2.24) is 9.62 Å². The average molecular weight is 314 g/mol. The summed E-state index contributed by atoms with van der Waals surface area (Å²) in [6.45, 7) is 1.64. The summed E-state index contributed by atoms with van der Waals surface area (Å²) in [6, 6.07) is 5.09. The second-order valence-corrected chi connectivity index (χ2v) is 7.02. The Hall–Kier alpha value is -1.15. The minimum atomic E-state index is -3.61. The summed E-state index contributed by atoms with van der Waals surface area (Å²) in [5, 5.41) is 3.02. The Morgan fingerprint density at radius 2 is 2.24 bits per heavy atom. The molecule has 0 aliphatic carbocycles. The van der Waals surface area contributed by atoms with E-state index < -0.39 is 10.0 Å². The van der Waals surface area contributed by atoms with E-state index in [4.69, 9.17) is 9.47 Å². The van der Waals surface area contributed by atoms with E-state index in [1.807, 2.05) is 13.1 Å². The van der Waals surface area contributed by atoms with Gasteiger partial charge in [0.25, 0.3) is 0 Å². The number of hydrogen-bond donors (Lipinski definition) is 1. The molecule has 0 aromatic heterocycles. The Morgan fingerprint density at radius 3 is 2.81 bits per heavy atom. The molecular formula is C14H22N2O4S. The highest BCUT2D eigenvalue weighted by molar-refractivity contribution is 7.89. The lowest BCUT2D eigenvalue weighted by Crippen LogP contribution is -2.37. The lowest BCUT2D eigenvalue weighted by molar-refractivity contribution is 0.180. The van der Waals surface area contributed by atoms with Crippen LogP contribution in [0.4, 0.5) is 0 Å². The lowest BCUT2D eigenvalue weighted by Gasteiger charge is -2.24. The van der Waals surface area contributed by atoms with Gasteiger partial charge in [-0.1, -0.05) is 6.07 Å². The van der Waals surface area contributed by atoms with Crippen LogP contribution < -0.4 is 10.1 Å². The highest BCUT2D eigenvalue weighted by Crippen LogP contribution is 2.29. The fourth-order valence-electron chi connectivity index (χ4n) is 2.40. The number of likely N-dealkylation sites (N-methyl/N-ethyl adjacent to an activating group) is 1. The summed E-state index contributed by atoms with van der Waals surface area (Å²) in [7, 11) is 1.29. The van der Waals surface area contributed by atoms with Crippen LogP contribution in [0.3, 0.4) is 0 Å². The highest BCUT2D eigenvalue weighted by Gasteiger charge is 2.32. The number of sulfonamides is 1. The second kappa shape index (κ2) is 6.74. The van der Waals surface area contributed by atoms with Gasteiger partial charge in [-0.15, -0.1) is 0 Å². The van der Waals surface area contributed by atoms with E-state index in [0.717, 1.165) is 5.56 Å². The third-order valence-electron chi connectivity index (χ3n) is 3.69. The van der Waals surface area contributed by atoms with Gasteiger partial charge in [-0.3, -0.25) is 0 Å². The summed E-state index contributed by atoms with van der Waals surface area (Å²) in [6.07, 6.45) is 0.717. The van der Waals surface area contributed by atoms with Crippen molar-refractivity contribution in [2.24, 2.45) is 0 Å². The molecule has 0 bridgehead atoms. The van der Waals surface area contributed by atoms with Gasteiger partial charge in [0.1, 0.15) is 10.6 Å². The SMILES string of the molecule is CNCc1ccc(OC)c(S(=O)(=O)N(C)C2CCOC2)c1. The molecule has 2 rings (SSSR count). The molecule has 0 saturated carbocycles. The van der Waals surface area contributed by atoms with E-state index in [2.05, 4.69) is 5.32 Å². The van der Waals surface area contributed by atoms with Crippen LogP contribution in [0.15, 0.2) is 23.1 Å². The molecular weight excluding hydrogens is 292 g/mol. The van der Waals surface area contributed by atoms with Crippen LogP contribution in [0, 0.1) is 0 Å². The summed E-state index contributed by atoms with van der Waals surface area (Å²) in [4.78, 5) is 0.201. The zero-order valence-corrected chi connectivity index (χ0v) is 13.4. The first-order chi connectivity index (χ1) is 10.0. The third kappa shape index (κ3) is 3.37. The minimum absolute atomic E-state index is 0.118. The highest BCUT2D eigenvalue weighted by atomic mass is 32.2. The number of hydrogen-bond acceptors (Lipinski definition) is 5. The standard InChI is InChI=1S/C14H22N2O4S/c1-15-9-11-4-5-13(19-3)14(8-11)21(17,18)16(2)12-6-7-20-10-12/h4-5,8,12,15H,6-7,9-10H2,1-3H3. The van der Waals surface area contributed by atoms with Crippen LogP contribution in [0.25, 0.3) is 0 Å². The van der Waals surface area contributed by atoms with Crippen molar-refractivity contribution in [1.29, 1.82) is 0 Å². The van der Waals surface area contributed by atoms with E-state index >= 15 is 0 Å². The van der Waals surface area contributed by atoms with Crippen molar-refractivity contribution in [2.75, 3.05) is 34.4 Å². The topological polar surface area (TPSA) is 67.9 Å². The van der Waals surface area contributed by atoms with E-state index in [9.17, 15) is 8.42 Å². The number of nitrogens with zero attached hydrogens (tertiary/aromatic N) is 1. The molecule has 118 valence electrons. The molecule has 1 aromatic rings. The Bertz CT molecular complexity index is 583. The van der Waals surface area contributed by atoms with Crippen molar-refractivity contribution in [3.8, 4) is 5.75 Å². The zero-order valence-electron chi connectivity index (χ0n) is 12.6. The monoisotopic (exact) mass is 314 g/mol. The maximum absolute atomic E-state index is 12.8. The molecule has 1 aliphatic heterocycles. The first kappa shape index (κ1) is 16.2. The van der Waals surface area contributed by atoms with Gasteiger partial charge in [0.05, 0.1) is 19.8 Å². The lowest BCUT2D eigenvalue weighted by atomic mass is 10.2. The Morgan fingerprint density at radius 1 is 1.48 bits per heavy atom. The first-order valence-electron chi connectivity index (χ1n) is 6.88. The number of ether oxygens (including phenoxy) is 2. The van der Waals surface area contributed by atoms with Gasteiger partial charge in [0.2, 0.25) is 10.0 Å². The van der Waals surface area contributed by atoms with Gasteiger partial charge in [-0.2, -0.15) is 4.31 Å². The molecule has 1 N–H and O–H groups in total. The van der Waals surface area contributed by atoms with Crippen LogP contribution in [0.5, 0.6) is 5.75 Å². The molecule has 1 atom stereocenters. The molecule has 0 amide bonds. The van der Waals surface area contributed by atoms with Gasteiger partial charge < -0.3 is 14.8 Å². The Balaban J connectivity index is 2.39. The molecule has 1 fully saturated rings. The molecule has 21 heavy (non-hydrogen) atoms. The second-order valence-electron chi connectivity index (χ2n) is 5.05. The molecule has 7 heteroatoms. The van der Waals surface area contributed by atoms with Crippen molar-refractivity contribution >= 4 is 10.0 Å². The van der Waals surface area contributed by atoms with Gasteiger partial charge in [-0.25, -0.2) is 8.42 Å². The van der Waals surface area contributed by atoms with Crippen LogP contribution in [0.1, 0.15) is 12.0 Å². The van der Waals surface area contributed by atoms with Gasteiger partial charge in [0, 0.05) is 20.2 Å². The molecule has 1 saturated heterocycles. The summed E-state index contributed by atoms with van der Waals surface area (Å²) in [5.41, 5.74) is 0.896. The Kier molecular flexibility index (Phi) is 5.21. The van der Waals surface area contributed by atoms with E-state index in [1.54, 1.807) is 19.2 Å². The summed E-state index contributed by atoms with van der Waals surface area (Å²) >= 11 is 0. The molecule has 0 radical (unpaired) electrons. The fraction of sp³-hybridized carbons (Fsp3) is 0.571. The summed E-state index contributed by atoms with van der Waals surface area (Å²) < 4.78 is 37.5. The van der Waals surface area contributed by atoms with Gasteiger partial charge in [0.15, 0.2) is 0 Å². The summed E-state index contributed by atoms with van der Waals surface area (Å²) in [5.74, 6) is 0.362. The van der Waals surface area contributed by atoms with E-state index in [1.165, 1.54) is 11.4 Å². The number of methoxy groups -OCH3 is 1. The molecule has 1 aliphatic rings. The predicted molar refractivity (Wildman–Crippen MR) is 79.9 cm³/mol. The van der Waals surface area contributed by atoms with Gasteiger partial charge in [-0.05, 0) is 31.2 Å². The van der Waals surface area contributed by atoms with Gasteiger partial charge >= 0.3 is 0 Å². The largest absolute Gasteiger partial charge is 0.495 e. The van der Waals surface area contributed by atoms with Crippen LogP contribution >= 0.6 is 0 Å². The number of rotatable bonds is 6.